The van der Waals surface area contributed by atoms with E-state index >= 15 is 0 Å². The van der Waals surface area contributed by atoms with E-state index in [-0.39, 0.29) is 5.56 Å². The maximum Gasteiger partial charge on any atom is 0.325 e. The Kier molecular flexibility index (Phi) is 5.28. The lowest BCUT2D eigenvalue weighted by atomic mass is 9.92. The van der Waals surface area contributed by atoms with Crippen molar-refractivity contribution < 1.29 is 27.6 Å². The molecule has 5 rings (SSSR count). The van der Waals surface area contributed by atoms with E-state index in [9.17, 15) is 23.2 Å². The highest BCUT2D eigenvalue weighted by molar-refractivity contribution is 7.12. The molecule has 0 spiro atoms. The van der Waals surface area contributed by atoms with Gasteiger partial charge in [-0.05, 0) is 48.2 Å². The first kappa shape index (κ1) is 22.0. The van der Waals surface area contributed by atoms with Gasteiger partial charge in [-0.25, -0.2) is 18.6 Å². The van der Waals surface area contributed by atoms with E-state index < -0.39 is 47.6 Å². The Labute approximate surface area is 196 Å². The number of hydrogen-bond donors (Lipinski definition) is 1. The fraction of sp³-hybridized carbons (Fsp3) is 0.217. The highest BCUT2D eigenvalue weighted by atomic mass is 32.1. The Morgan fingerprint density at radius 1 is 1.24 bits per heavy atom. The van der Waals surface area contributed by atoms with E-state index in [0.29, 0.717) is 17.9 Å². The standard InChI is InChI=1S/C23H18F2N4O4S/c1-23(13-6-7-14(24)15(25)10-13)21(31)28(22(32)26-23)12-20(30)29-17(18-4-2-8-33-18)11-16(27-29)19-5-3-9-34-19/h2-10,17H,11-12H2,1H3,(H,26,32)/t17-,23-/m0/s1. The molecule has 8 nitrogen and oxygen atoms in total. The van der Waals surface area contributed by atoms with Crippen molar-refractivity contribution in [3.63, 3.8) is 0 Å². The average molecular weight is 484 g/mol. The van der Waals surface area contributed by atoms with E-state index in [1.807, 2.05) is 17.5 Å². The Morgan fingerprint density at radius 3 is 2.74 bits per heavy atom. The molecule has 1 aromatic carbocycles. The fourth-order valence-corrected chi connectivity index (χ4v) is 4.81. The van der Waals surface area contributed by atoms with E-state index in [4.69, 9.17) is 4.42 Å². The molecule has 0 aliphatic carbocycles. The van der Waals surface area contributed by atoms with Crippen molar-refractivity contribution in [2.75, 3.05) is 6.54 Å². The predicted octanol–water partition coefficient (Wildman–Crippen LogP) is 3.76. The van der Waals surface area contributed by atoms with Crippen molar-refractivity contribution in [3.8, 4) is 0 Å². The molecule has 2 atom stereocenters. The molecule has 4 heterocycles. The van der Waals surface area contributed by atoms with E-state index in [1.54, 1.807) is 12.1 Å². The minimum Gasteiger partial charge on any atom is -0.467 e. The van der Waals surface area contributed by atoms with Crippen LogP contribution in [-0.4, -0.2) is 40.0 Å². The summed E-state index contributed by atoms with van der Waals surface area (Å²) in [6.07, 6.45) is 1.90. The molecule has 11 heteroatoms. The predicted molar refractivity (Wildman–Crippen MR) is 118 cm³/mol. The number of halogens is 2. The SMILES string of the molecule is C[C@@]1(c2ccc(F)c(F)c2)NC(=O)N(CC(=O)N2N=C(c3cccs3)C[C@H]2c2ccco2)C1=O. The molecular weight excluding hydrogens is 466 g/mol. The molecule has 2 aliphatic rings. The summed E-state index contributed by atoms with van der Waals surface area (Å²) in [5.41, 5.74) is -0.899. The van der Waals surface area contributed by atoms with Gasteiger partial charge in [0.1, 0.15) is 23.9 Å². The number of thiophene rings is 1. The maximum absolute atomic E-state index is 13.8. The molecule has 2 aliphatic heterocycles. The highest BCUT2D eigenvalue weighted by Gasteiger charge is 2.50. The Hall–Kier alpha value is -3.86. The topological polar surface area (TPSA) is 95.2 Å². The second kappa shape index (κ2) is 8.17. The number of carbonyl (C=O) groups is 3. The van der Waals surface area contributed by atoms with Crippen LogP contribution in [0.3, 0.4) is 0 Å². The third-order valence-electron chi connectivity index (χ3n) is 5.91. The molecule has 1 N–H and O–H groups in total. The van der Waals surface area contributed by atoms with Crippen LogP contribution < -0.4 is 5.32 Å². The van der Waals surface area contributed by atoms with Gasteiger partial charge in [0.25, 0.3) is 11.8 Å². The number of furan rings is 1. The van der Waals surface area contributed by atoms with Crippen LogP contribution in [0.4, 0.5) is 13.6 Å². The van der Waals surface area contributed by atoms with E-state index in [1.165, 1.54) is 35.6 Å². The second-order valence-electron chi connectivity index (χ2n) is 8.07. The molecular formula is C23H18F2N4O4S. The molecule has 0 saturated carbocycles. The Balaban J connectivity index is 1.40. The van der Waals surface area contributed by atoms with Gasteiger partial charge in [-0.15, -0.1) is 11.3 Å². The summed E-state index contributed by atoms with van der Waals surface area (Å²) in [7, 11) is 0. The lowest BCUT2D eigenvalue weighted by Crippen LogP contribution is -2.43. The van der Waals surface area contributed by atoms with Gasteiger partial charge < -0.3 is 9.73 Å². The molecule has 2 aromatic heterocycles. The van der Waals surface area contributed by atoms with Gasteiger partial charge in [0.05, 0.1) is 16.9 Å². The number of hydrogen-bond acceptors (Lipinski definition) is 6. The lowest BCUT2D eigenvalue weighted by Gasteiger charge is -2.24. The molecule has 34 heavy (non-hydrogen) atoms. The number of rotatable bonds is 5. The van der Waals surface area contributed by atoms with Crippen molar-refractivity contribution in [2.24, 2.45) is 5.10 Å². The molecule has 0 bridgehead atoms. The fourth-order valence-electron chi connectivity index (χ4n) is 4.09. The summed E-state index contributed by atoms with van der Waals surface area (Å²) in [6, 6.07) is 8.79. The number of nitrogens with one attached hydrogen (secondary N) is 1. The van der Waals surface area contributed by atoms with Crippen LogP contribution in [0, 0.1) is 11.6 Å². The normalized spacial score (nSPS) is 22.3. The van der Waals surface area contributed by atoms with Crippen LogP contribution in [0.2, 0.25) is 0 Å². The van der Waals surface area contributed by atoms with Gasteiger partial charge in [0, 0.05) is 6.42 Å². The van der Waals surface area contributed by atoms with E-state index in [2.05, 4.69) is 10.4 Å². The molecule has 174 valence electrons. The largest absolute Gasteiger partial charge is 0.467 e. The first-order chi connectivity index (χ1) is 16.3. The van der Waals surface area contributed by atoms with E-state index in [0.717, 1.165) is 21.9 Å². The molecule has 4 amide bonds. The van der Waals surface area contributed by atoms with Crippen LogP contribution in [0.5, 0.6) is 0 Å². The average Bonchev–Trinajstić information content (AvgIpc) is 3.60. The quantitative estimate of drug-likeness (QED) is 0.558. The van der Waals surface area contributed by atoms with Crippen molar-refractivity contribution in [3.05, 3.63) is 81.9 Å². The summed E-state index contributed by atoms with van der Waals surface area (Å²) >= 11 is 1.48. The number of imide groups is 1. The van der Waals surface area contributed by atoms with Crippen LogP contribution >= 0.6 is 11.3 Å². The summed E-state index contributed by atoms with van der Waals surface area (Å²) < 4.78 is 32.6. The highest BCUT2D eigenvalue weighted by Crippen LogP contribution is 2.35. The summed E-state index contributed by atoms with van der Waals surface area (Å²) in [5, 5.41) is 10.1. The zero-order chi connectivity index (χ0) is 24.0. The molecule has 0 radical (unpaired) electrons. The van der Waals surface area contributed by atoms with Gasteiger partial charge >= 0.3 is 6.03 Å². The smallest absolute Gasteiger partial charge is 0.325 e. The van der Waals surface area contributed by atoms with Crippen LogP contribution in [-0.2, 0) is 15.1 Å². The first-order valence-electron chi connectivity index (χ1n) is 10.3. The number of benzene rings is 1. The van der Waals surface area contributed by atoms with Crippen molar-refractivity contribution in [1.82, 2.24) is 15.2 Å². The third-order valence-corrected chi connectivity index (χ3v) is 6.83. The Bertz CT molecular complexity index is 1310. The van der Waals surface area contributed by atoms with Gasteiger partial charge in [-0.1, -0.05) is 12.1 Å². The number of nitrogens with zero attached hydrogens (tertiary/aromatic N) is 3. The lowest BCUT2D eigenvalue weighted by molar-refractivity contribution is -0.140. The molecule has 3 aromatic rings. The number of urea groups is 1. The van der Waals surface area contributed by atoms with Crippen molar-refractivity contribution in [2.45, 2.75) is 24.9 Å². The minimum absolute atomic E-state index is 0.0623. The van der Waals surface area contributed by atoms with Crippen LogP contribution in [0.1, 0.15) is 35.6 Å². The van der Waals surface area contributed by atoms with Gasteiger partial charge in [-0.3, -0.25) is 14.5 Å². The summed E-state index contributed by atoms with van der Waals surface area (Å²) in [4.78, 5) is 40.7. The summed E-state index contributed by atoms with van der Waals surface area (Å²) in [5.74, 6) is -3.05. The van der Waals surface area contributed by atoms with Crippen LogP contribution in [0.15, 0.2) is 63.6 Å². The van der Waals surface area contributed by atoms with Crippen molar-refractivity contribution >= 4 is 34.9 Å². The van der Waals surface area contributed by atoms with Gasteiger partial charge in [0.2, 0.25) is 0 Å². The monoisotopic (exact) mass is 484 g/mol. The second-order valence-corrected chi connectivity index (χ2v) is 9.02. The van der Waals surface area contributed by atoms with Gasteiger partial charge in [0.15, 0.2) is 11.6 Å². The number of carbonyl (C=O) groups excluding carboxylic acids is 3. The first-order valence-corrected chi connectivity index (χ1v) is 11.2. The molecule has 1 fully saturated rings. The zero-order valence-corrected chi connectivity index (χ0v) is 18.6. The number of hydrazone groups is 1. The third kappa shape index (κ3) is 3.58. The molecule has 1 saturated heterocycles. The zero-order valence-electron chi connectivity index (χ0n) is 17.8. The number of amides is 4. The van der Waals surface area contributed by atoms with Crippen LogP contribution in [0.25, 0.3) is 0 Å². The maximum atomic E-state index is 13.8. The van der Waals surface area contributed by atoms with Crippen molar-refractivity contribution in [1.29, 1.82) is 0 Å². The Morgan fingerprint density at radius 2 is 2.06 bits per heavy atom. The minimum atomic E-state index is -1.65. The van der Waals surface area contributed by atoms with Gasteiger partial charge in [-0.2, -0.15) is 5.10 Å². The summed E-state index contributed by atoms with van der Waals surface area (Å²) in [6.45, 7) is 0.793. The molecule has 0 unspecified atom stereocenters.